The summed E-state index contributed by atoms with van der Waals surface area (Å²) in [5.74, 6) is -26.1. The van der Waals surface area contributed by atoms with Crippen LogP contribution in [-0.4, -0.2) is 321 Å². The quantitative estimate of drug-likeness (QED) is 0.0164. The molecule has 0 saturated carbocycles. The normalized spacial score (nSPS) is 15.2. The Kier molecular flexibility index (Phi) is 48.8. The number of carboxylic acids is 3. The number of aliphatic carboxylic acids is 3. The highest BCUT2D eigenvalue weighted by atomic mass is 16.4. The summed E-state index contributed by atoms with van der Waals surface area (Å²) in [7, 11) is 0. The number of amides is 17. The van der Waals surface area contributed by atoms with Gasteiger partial charge in [0, 0.05) is 50.9 Å². The van der Waals surface area contributed by atoms with E-state index < -0.39 is 292 Å². The van der Waals surface area contributed by atoms with Crippen LogP contribution in [0, 0.1) is 22.1 Å². The molecule has 1 aliphatic rings. The number of unbranched alkanes of at least 4 members (excludes halogenated alkanes) is 1. The van der Waals surface area contributed by atoms with E-state index in [1.165, 1.54) is 19.4 Å². The van der Waals surface area contributed by atoms with Crippen molar-refractivity contribution in [2.75, 3.05) is 65.6 Å². The third-order valence-corrected chi connectivity index (χ3v) is 18.7. The fourth-order valence-corrected chi connectivity index (χ4v) is 11.9. The summed E-state index contributed by atoms with van der Waals surface area (Å²) >= 11 is 0. The van der Waals surface area contributed by atoms with Crippen molar-refractivity contribution >= 4 is 136 Å². The number of aromatic amines is 1. The van der Waals surface area contributed by atoms with Crippen LogP contribution in [0.3, 0.4) is 0 Å². The van der Waals surface area contributed by atoms with Gasteiger partial charge in [0.25, 0.3) is 0 Å². The number of nitrogens with zero attached hydrogens (tertiary/aromatic N) is 2. The molecule has 2 rings (SSSR count). The zero-order valence-electron chi connectivity index (χ0n) is 68.9. The molecule has 1 aromatic rings. The molecule has 1 fully saturated rings. The number of carbonyl (C=O) groups excluding carboxylic acids is 17. The first-order chi connectivity index (χ1) is 58.9. The van der Waals surface area contributed by atoms with Gasteiger partial charge in [0.1, 0.15) is 72.5 Å². The highest BCUT2D eigenvalue weighted by molar-refractivity contribution is 6.02. The number of hydrogen-bond donors (Lipinski definition) is 33. The summed E-state index contributed by atoms with van der Waals surface area (Å²) in [5, 5.41) is 111. The molecule has 55 heteroatoms. The van der Waals surface area contributed by atoms with Crippen molar-refractivity contribution in [2.24, 2.45) is 46.1 Å². The molecule has 0 spiro atoms. The highest BCUT2D eigenvalue weighted by Crippen LogP contribution is 2.21. The molecule has 1 aliphatic heterocycles. The molecule has 698 valence electrons. The van der Waals surface area contributed by atoms with Crippen molar-refractivity contribution in [3.63, 3.8) is 0 Å². The minimum atomic E-state index is -2.13. The maximum atomic E-state index is 14.7. The molecule has 40 N–H and O–H groups in total. The standard InChI is InChI=1S/C70H118N30O25/c1-3-33(2)54(99-61(118)41(22-34-26-81-32-88-34)94-63(120)44(30-101)97-55(112)35(72)23-53(110)111)65(122)96-43(25-48(74)104)60(117)95-42(24-47(73)103)59(116)93-39(15-16-52(108)109)66(123)100-21-9-14-46(100)64(121)98-45(31-102)62(119)92-38(13-8-20-84-70(79)80)58(115)91-37(12-7-19-83-69(77)78)57(114)90-36(11-6-18-82-68(75)76)56(113)87-28-50(106)85-27-49(105)86-29-51(107)89-40(67(124)125)10-4-5-17-71/h26,32-33,35-46,54,101-102H,3-25,27-31,71-72H2,1-2H3,(H2,73,103)(H2,74,104)(H,81,88)(H,85,106)(H,86,105)(H,87,113)(H,89,107)(H,90,114)(H,91,115)(H,92,119)(H,93,116)(H,94,120)(H,95,117)(H,96,122)(H,97,112)(H,98,121)(H,99,118)(H,108,109)(H,110,111)(H,124,125)(H4,75,76,82)(H4,77,78,83)(H4,79,80,84)/t33-,35-,36-,37-,38-,39-,40-,41-,42-,43-,44-,45-,46-,54-/m0/s1. The highest BCUT2D eigenvalue weighted by Gasteiger charge is 2.42. The molecule has 0 bridgehead atoms. The Bertz CT molecular complexity index is 3930. The van der Waals surface area contributed by atoms with Gasteiger partial charge in [0.2, 0.25) is 100 Å². The Balaban J connectivity index is 2.48. The van der Waals surface area contributed by atoms with Crippen LogP contribution in [0.1, 0.15) is 129 Å². The second kappa shape index (κ2) is 56.8. The minimum absolute atomic E-state index is 0.0203. The van der Waals surface area contributed by atoms with Crippen LogP contribution in [0.15, 0.2) is 12.5 Å². The van der Waals surface area contributed by atoms with E-state index in [9.17, 15) is 116 Å². The maximum Gasteiger partial charge on any atom is 0.326 e. The SMILES string of the molecule is CC[C@H](C)[C@H](NC(=O)[C@H](Cc1cnc[nH]1)NC(=O)[C@H](CO)NC(=O)[C@@H](N)CC(=O)O)C(=O)N[C@@H](CC(N)=O)C(=O)N[C@@H](CC(N)=O)C(=O)N[C@@H](CCC(=O)O)C(=O)N1CCC[C@H]1C(=O)N[C@@H](CO)C(=O)N[C@@H](CCCNC(=N)N)C(=O)N[C@@H](CCCNC(=N)N)C(=O)N[C@@H](CCCNC(=N)N)C(=O)NCC(=O)NCC(=O)NCC(=O)N[C@@H](CCCCN)C(=O)O. The topological polar surface area (TPSA) is 933 Å². The number of H-pyrrole nitrogens is 1. The lowest BCUT2D eigenvalue weighted by Crippen LogP contribution is -2.62. The first kappa shape index (κ1) is 107. The largest absolute Gasteiger partial charge is 0.481 e. The lowest BCUT2D eigenvalue weighted by Gasteiger charge is -2.31. The fourth-order valence-electron chi connectivity index (χ4n) is 11.9. The molecule has 0 radical (unpaired) electrons. The Morgan fingerprint density at radius 1 is 0.472 bits per heavy atom. The second-order valence-electron chi connectivity index (χ2n) is 28.7. The lowest BCUT2D eigenvalue weighted by molar-refractivity contribution is -0.144. The minimum Gasteiger partial charge on any atom is -0.481 e. The zero-order chi connectivity index (χ0) is 94.2. The Morgan fingerprint density at radius 2 is 0.896 bits per heavy atom. The molecule has 0 unspecified atom stereocenters. The molecule has 0 aliphatic carbocycles. The van der Waals surface area contributed by atoms with Crippen LogP contribution in [0.4, 0.5) is 0 Å². The van der Waals surface area contributed by atoms with Crippen LogP contribution >= 0.6 is 0 Å². The monoisotopic (exact) mass is 1780 g/mol. The van der Waals surface area contributed by atoms with Gasteiger partial charge in [-0.15, -0.1) is 0 Å². The summed E-state index contributed by atoms with van der Waals surface area (Å²) in [6, 6.07) is -22.6. The van der Waals surface area contributed by atoms with Crippen LogP contribution in [0.25, 0.3) is 0 Å². The summed E-state index contributed by atoms with van der Waals surface area (Å²) in [6.45, 7) is -1.66. The van der Waals surface area contributed by atoms with Crippen molar-refractivity contribution in [3.05, 3.63) is 18.2 Å². The van der Waals surface area contributed by atoms with Gasteiger partial charge in [-0.1, -0.05) is 20.3 Å². The molecule has 2 heterocycles. The molecule has 1 aromatic heterocycles. The van der Waals surface area contributed by atoms with E-state index in [0.29, 0.717) is 19.4 Å². The zero-order valence-corrected chi connectivity index (χ0v) is 68.9. The van der Waals surface area contributed by atoms with Crippen LogP contribution in [0.2, 0.25) is 0 Å². The van der Waals surface area contributed by atoms with Crippen molar-refractivity contribution < 1.29 is 121 Å². The molecule has 125 heavy (non-hydrogen) atoms. The lowest BCUT2D eigenvalue weighted by atomic mass is 9.96. The van der Waals surface area contributed by atoms with Crippen molar-refractivity contribution in [3.8, 4) is 0 Å². The Hall–Kier alpha value is -13.7. The molecular formula is C70H118N30O25. The van der Waals surface area contributed by atoms with Crippen molar-refractivity contribution in [1.29, 1.82) is 16.2 Å². The molecule has 1 saturated heterocycles. The van der Waals surface area contributed by atoms with Gasteiger partial charge in [-0.05, 0) is 89.5 Å². The molecule has 0 aromatic carbocycles. The summed E-state index contributed by atoms with van der Waals surface area (Å²) < 4.78 is 0. The number of aromatic nitrogens is 2. The van der Waals surface area contributed by atoms with Crippen LogP contribution in [0.5, 0.6) is 0 Å². The van der Waals surface area contributed by atoms with Gasteiger partial charge in [-0.25, -0.2) is 9.78 Å². The van der Waals surface area contributed by atoms with Gasteiger partial charge < -0.3 is 166 Å². The smallest absolute Gasteiger partial charge is 0.326 e. The van der Waals surface area contributed by atoms with E-state index in [1.807, 2.05) is 0 Å². The van der Waals surface area contributed by atoms with E-state index >= 15 is 0 Å². The number of likely N-dealkylation sites (tertiary alicyclic amines) is 1. The number of guanidine groups is 3. The van der Waals surface area contributed by atoms with Gasteiger partial charge >= 0.3 is 17.9 Å². The maximum absolute atomic E-state index is 14.7. The average molecular weight is 1780 g/mol. The fraction of sp³-hybridized carbons (Fsp3) is 0.629. The van der Waals surface area contributed by atoms with Gasteiger partial charge in [0.15, 0.2) is 17.9 Å². The first-order valence-corrected chi connectivity index (χ1v) is 39.5. The Morgan fingerprint density at radius 3 is 1.34 bits per heavy atom. The predicted molar refractivity (Wildman–Crippen MR) is 434 cm³/mol. The van der Waals surface area contributed by atoms with E-state index in [1.54, 1.807) is 6.92 Å². The number of imidazole rings is 1. The summed E-state index contributed by atoms with van der Waals surface area (Å²) in [6.07, 6.45) is -2.60. The predicted octanol–water partition coefficient (Wildman–Crippen LogP) is -14.9. The number of rotatable bonds is 61. The second-order valence-corrected chi connectivity index (χ2v) is 28.7. The number of aliphatic hydroxyl groups is 2. The third kappa shape index (κ3) is 42.1. The van der Waals surface area contributed by atoms with Gasteiger partial charge in [-0.3, -0.25) is 107 Å². The number of primary amides is 2. The molecule has 14 atom stereocenters. The van der Waals surface area contributed by atoms with Crippen molar-refractivity contribution in [2.45, 2.75) is 208 Å². The van der Waals surface area contributed by atoms with Crippen molar-refractivity contribution in [1.82, 2.24) is 105 Å². The number of carbonyl (C=O) groups is 20. The third-order valence-electron chi connectivity index (χ3n) is 18.7. The number of carboxylic acid groups (broad SMARTS) is 3. The summed E-state index contributed by atoms with van der Waals surface area (Å²) in [5.41, 5.74) is 38.6. The van der Waals surface area contributed by atoms with Gasteiger partial charge in [-0.2, -0.15) is 0 Å². The first-order valence-electron chi connectivity index (χ1n) is 39.5. The molecule has 17 amide bonds. The molecule has 55 nitrogen and oxygen atoms in total. The van der Waals surface area contributed by atoms with E-state index in [0.717, 1.165) is 4.90 Å². The van der Waals surface area contributed by atoms with Gasteiger partial charge in [0.05, 0.1) is 64.5 Å². The number of aliphatic hydroxyl groups excluding tert-OH is 2. The number of nitrogens with two attached hydrogens (primary N) is 7. The van der Waals surface area contributed by atoms with E-state index in [4.69, 9.17) is 61.5 Å². The molecular weight excluding hydrogens is 1660 g/mol. The number of nitrogens with one attached hydrogen (secondary N) is 21. The average Bonchev–Trinajstić information content (AvgIpc) is 1.70. The summed E-state index contributed by atoms with van der Waals surface area (Å²) in [4.78, 5) is 275. The van der Waals surface area contributed by atoms with E-state index in [-0.39, 0.29) is 96.1 Å². The number of hydrogen-bond acceptors (Lipinski definition) is 28. The van der Waals surface area contributed by atoms with E-state index in [2.05, 4.69) is 100 Å². The Labute approximate surface area is 714 Å². The van der Waals surface area contributed by atoms with Crippen LogP contribution in [-0.2, 0) is 102 Å². The van der Waals surface area contributed by atoms with Crippen LogP contribution < -0.4 is 131 Å².